The molecule has 0 unspecified atom stereocenters. The van der Waals surface area contributed by atoms with Gasteiger partial charge in [0, 0.05) is 6.54 Å². The molecule has 0 aliphatic heterocycles. The number of aliphatic hydroxyl groups is 1. The quantitative estimate of drug-likeness (QED) is 0.846. The Morgan fingerprint density at radius 3 is 2.50 bits per heavy atom. The Hall–Kier alpha value is -0.910. The molecule has 112 valence electrons. The zero-order valence-electron chi connectivity index (χ0n) is 12.3. The molecule has 2 N–H and O–H groups in total. The molecule has 1 fully saturated rings. The normalized spacial score (nSPS) is 17.4. The van der Waals surface area contributed by atoms with Crippen LogP contribution in [0.25, 0.3) is 0 Å². The van der Waals surface area contributed by atoms with Crippen LogP contribution in [0.4, 0.5) is 0 Å². The van der Waals surface area contributed by atoms with Crippen LogP contribution >= 0.6 is 0 Å². The average molecular weight is 297 g/mol. The molecule has 0 saturated heterocycles. The molecule has 1 saturated carbocycles. The van der Waals surface area contributed by atoms with Gasteiger partial charge in [-0.1, -0.05) is 19.9 Å². The molecule has 1 aromatic rings. The van der Waals surface area contributed by atoms with Crippen molar-refractivity contribution >= 4 is 10.0 Å². The first-order chi connectivity index (χ1) is 9.31. The second-order valence-electron chi connectivity index (χ2n) is 6.09. The Labute approximate surface area is 121 Å². The van der Waals surface area contributed by atoms with Crippen LogP contribution in [0, 0.1) is 18.3 Å². The number of hydrogen-bond donors (Lipinski definition) is 2. The van der Waals surface area contributed by atoms with E-state index in [1.54, 1.807) is 18.2 Å². The summed E-state index contributed by atoms with van der Waals surface area (Å²) < 4.78 is 27.4. The summed E-state index contributed by atoms with van der Waals surface area (Å²) in [4.78, 5) is 0.228. The van der Waals surface area contributed by atoms with Crippen LogP contribution < -0.4 is 4.72 Å². The van der Waals surface area contributed by atoms with Gasteiger partial charge in [-0.3, -0.25) is 0 Å². The minimum atomic E-state index is -3.50. The van der Waals surface area contributed by atoms with Crippen LogP contribution in [0.3, 0.4) is 0 Å². The molecule has 1 aromatic carbocycles. The number of aryl methyl sites for hydroxylation is 1. The SMILES string of the molecule is Cc1ccc(S(=O)(=O)NCC2(C(C)C)CC2)cc1CO. The van der Waals surface area contributed by atoms with Crippen LogP contribution in [0.5, 0.6) is 0 Å². The maximum atomic E-state index is 12.3. The van der Waals surface area contributed by atoms with E-state index in [1.807, 2.05) is 6.92 Å². The Bertz CT molecular complexity index is 589. The lowest BCUT2D eigenvalue weighted by atomic mass is 9.93. The van der Waals surface area contributed by atoms with Gasteiger partial charge in [0.05, 0.1) is 11.5 Å². The summed E-state index contributed by atoms with van der Waals surface area (Å²) in [6, 6.07) is 4.87. The van der Waals surface area contributed by atoms with Crippen molar-refractivity contribution in [2.45, 2.75) is 45.1 Å². The van der Waals surface area contributed by atoms with Crippen molar-refractivity contribution < 1.29 is 13.5 Å². The van der Waals surface area contributed by atoms with Gasteiger partial charge in [0.25, 0.3) is 0 Å². The molecule has 5 heteroatoms. The Morgan fingerprint density at radius 2 is 2.00 bits per heavy atom. The number of benzene rings is 1. The van der Waals surface area contributed by atoms with Crippen molar-refractivity contribution in [2.24, 2.45) is 11.3 Å². The van der Waals surface area contributed by atoms with Crippen molar-refractivity contribution in [3.63, 3.8) is 0 Å². The lowest BCUT2D eigenvalue weighted by molar-refractivity contribution is 0.280. The van der Waals surface area contributed by atoms with E-state index in [2.05, 4.69) is 18.6 Å². The molecule has 1 aliphatic carbocycles. The second kappa shape index (κ2) is 5.47. The van der Waals surface area contributed by atoms with Gasteiger partial charge in [-0.2, -0.15) is 0 Å². The summed E-state index contributed by atoms with van der Waals surface area (Å²) in [5.41, 5.74) is 1.68. The highest BCUT2D eigenvalue weighted by atomic mass is 32.2. The topological polar surface area (TPSA) is 66.4 Å². The van der Waals surface area contributed by atoms with Gasteiger partial charge in [0.15, 0.2) is 0 Å². The summed E-state index contributed by atoms with van der Waals surface area (Å²) in [6.07, 6.45) is 2.17. The van der Waals surface area contributed by atoms with E-state index < -0.39 is 10.0 Å². The molecule has 0 radical (unpaired) electrons. The maximum Gasteiger partial charge on any atom is 0.240 e. The highest BCUT2D eigenvalue weighted by Crippen LogP contribution is 2.51. The highest BCUT2D eigenvalue weighted by molar-refractivity contribution is 7.89. The first kappa shape index (κ1) is 15.5. The Balaban J connectivity index is 2.15. The predicted octanol–water partition coefficient (Wildman–Crippen LogP) is 2.20. The van der Waals surface area contributed by atoms with Crippen molar-refractivity contribution in [2.75, 3.05) is 6.54 Å². The molecule has 20 heavy (non-hydrogen) atoms. The molecule has 0 amide bonds. The minimum Gasteiger partial charge on any atom is -0.392 e. The lowest BCUT2D eigenvalue weighted by Crippen LogP contribution is -2.32. The first-order valence-corrected chi connectivity index (χ1v) is 8.49. The van der Waals surface area contributed by atoms with E-state index in [9.17, 15) is 13.5 Å². The monoisotopic (exact) mass is 297 g/mol. The van der Waals surface area contributed by atoms with E-state index in [0.29, 0.717) is 18.0 Å². The fourth-order valence-corrected chi connectivity index (χ4v) is 3.61. The molecule has 4 nitrogen and oxygen atoms in total. The Morgan fingerprint density at radius 1 is 1.35 bits per heavy atom. The smallest absolute Gasteiger partial charge is 0.240 e. The number of sulfonamides is 1. The highest BCUT2D eigenvalue weighted by Gasteiger charge is 2.45. The van der Waals surface area contributed by atoms with E-state index in [-0.39, 0.29) is 16.9 Å². The van der Waals surface area contributed by atoms with Gasteiger partial charge in [-0.25, -0.2) is 13.1 Å². The predicted molar refractivity (Wildman–Crippen MR) is 78.8 cm³/mol. The largest absolute Gasteiger partial charge is 0.392 e. The van der Waals surface area contributed by atoms with Crippen LogP contribution in [0.2, 0.25) is 0 Å². The summed E-state index contributed by atoms with van der Waals surface area (Å²) in [6.45, 7) is 6.47. The van der Waals surface area contributed by atoms with Gasteiger partial charge < -0.3 is 5.11 Å². The summed E-state index contributed by atoms with van der Waals surface area (Å²) in [5.74, 6) is 0.483. The van der Waals surface area contributed by atoms with E-state index in [0.717, 1.165) is 18.4 Å². The zero-order valence-corrected chi connectivity index (χ0v) is 13.1. The average Bonchev–Trinajstić information content (AvgIpc) is 3.18. The minimum absolute atomic E-state index is 0.136. The number of nitrogens with one attached hydrogen (secondary N) is 1. The molecule has 0 spiro atoms. The van der Waals surface area contributed by atoms with E-state index in [1.165, 1.54) is 0 Å². The maximum absolute atomic E-state index is 12.3. The third-order valence-corrected chi connectivity index (χ3v) is 5.93. The van der Waals surface area contributed by atoms with Gasteiger partial charge in [0.2, 0.25) is 10.0 Å². The van der Waals surface area contributed by atoms with Crippen LogP contribution in [-0.2, 0) is 16.6 Å². The number of hydrogen-bond acceptors (Lipinski definition) is 3. The molecule has 0 atom stereocenters. The summed E-state index contributed by atoms with van der Waals surface area (Å²) in [7, 11) is -3.50. The van der Waals surface area contributed by atoms with Crippen LogP contribution in [0.1, 0.15) is 37.8 Å². The van der Waals surface area contributed by atoms with Gasteiger partial charge in [-0.05, 0) is 54.4 Å². The van der Waals surface area contributed by atoms with Gasteiger partial charge in [-0.15, -0.1) is 0 Å². The molecule has 0 heterocycles. The molecular weight excluding hydrogens is 274 g/mol. The molecule has 0 bridgehead atoms. The van der Waals surface area contributed by atoms with Crippen molar-refractivity contribution in [1.82, 2.24) is 4.72 Å². The molecular formula is C15H23NO3S. The number of aliphatic hydroxyl groups excluding tert-OH is 1. The third-order valence-electron chi connectivity index (χ3n) is 4.53. The zero-order chi connectivity index (χ0) is 15.0. The molecule has 2 rings (SSSR count). The second-order valence-corrected chi connectivity index (χ2v) is 7.85. The standard InChI is InChI=1S/C15H23NO3S/c1-11(2)15(6-7-15)10-16-20(18,19)14-5-4-12(3)13(8-14)9-17/h4-5,8,11,16-17H,6-7,9-10H2,1-3H3. The summed E-state index contributed by atoms with van der Waals surface area (Å²) >= 11 is 0. The first-order valence-electron chi connectivity index (χ1n) is 7.01. The van der Waals surface area contributed by atoms with Crippen LogP contribution in [-0.4, -0.2) is 20.1 Å². The molecule has 0 aromatic heterocycles. The van der Waals surface area contributed by atoms with E-state index >= 15 is 0 Å². The fraction of sp³-hybridized carbons (Fsp3) is 0.600. The van der Waals surface area contributed by atoms with Crippen LogP contribution in [0.15, 0.2) is 23.1 Å². The lowest BCUT2D eigenvalue weighted by Gasteiger charge is -2.20. The van der Waals surface area contributed by atoms with Crippen molar-refractivity contribution in [3.05, 3.63) is 29.3 Å². The van der Waals surface area contributed by atoms with E-state index in [4.69, 9.17) is 0 Å². The van der Waals surface area contributed by atoms with Crippen molar-refractivity contribution in [3.8, 4) is 0 Å². The fourth-order valence-electron chi connectivity index (χ4n) is 2.43. The van der Waals surface area contributed by atoms with Crippen molar-refractivity contribution in [1.29, 1.82) is 0 Å². The van der Waals surface area contributed by atoms with Gasteiger partial charge >= 0.3 is 0 Å². The summed E-state index contributed by atoms with van der Waals surface area (Å²) in [5, 5.41) is 9.24. The third kappa shape index (κ3) is 3.05. The Kier molecular flexibility index (Phi) is 4.23. The van der Waals surface area contributed by atoms with Gasteiger partial charge in [0.1, 0.15) is 0 Å². The number of rotatable bonds is 6. The molecule has 1 aliphatic rings.